The quantitative estimate of drug-likeness (QED) is 0.566. The number of pyridine rings is 1. The first-order valence-electron chi connectivity index (χ1n) is 6.45. The van der Waals surface area contributed by atoms with Gasteiger partial charge in [0.25, 0.3) is 5.91 Å². The normalized spacial score (nSPS) is 17.2. The first-order valence-corrected chi connectivity index (χ1v) is 7.68. The highest BCUT2D eigenvalue weighted by Gasteiger charge is 2.33. The molecule has 0 bridgehead atoms. The third-order valence-electron chi connectivity index (χ3n) is 3.69. The Kier molecular flexibility index (Phi) is 4.66. The van der Waals surface area contributed by atoms with Crippen LogP contribution in [0.2, 0.25) is 0 Å². The number of hydrogen-bond acceptors (Lipinski definition) is 5. The average molecular weight is 280 g/mol. The number of rotatable bonds is 5. The van der Waals surface area contributed by atoms with Crippen molar-refractivity contribution in [1.82, 2.24) is 10.3 Å². The lowest BCUT2D eigenvalue weighted by atomic mass is 10.1. The summed E-state index contributed by atoms with van der Waals surface area (Å²) in [5.74, 6) is 5.71. The van der Waals surface area contributed by atoms with Crippen molar-refractivity contribution in [1.29, 1.82) is 0 Å². The standard InChI is InChI=1S/C13H20N4OS/c1-19-13(5-2-3-6-13)9-16-12(18)10-4-7-15-11(8-10)17-14/h4,7-8H,2-3,5-6,9,14H2,1H3,(H,15,17)(H,16,18). The molecule has 1 aliphatic carbocycles. The molecule has 19 heavy (non-hydrogen) atoms. The number of nitrogens with zero attached hydrogens (tertiary/aromatic N) is 1. The van der Waals surface area contributed by atoms with Crippen molar-refractivity contribution < 1.29 is 4.79 Å². The summed E-state index contributed by atoms with van der Waals surface area (Å²) in [5, 5.41) is 3.03. The first kappa shape index (κ1) is 14.1. The SMILES string of the molecule is CSC1(CNC(=O)c2ccnc(NN)c2)CCCC1. The summed E-state index contributed by atoms with van der Waals surface area (Å²) in [6.07, 6.45) is 8.57. The van der Waals surface area contributed by atoms with Crippen molar-refractivity contribution >= 4 is 23.5 Å². The molecule has 0 aromatic carbocycles. The highest BCUT2D eigenvalue weighted by Crippen LogP contribution is 2.39. The van der Waals surface area contributed by atoms with E-state index in [1.165, 1.54) is 25.7 Å². The molecule has 0 atom stereocenters. The summed E-state index contributed by atoms with van der Waals surface area (Å²) >= 11 is 1.87. The number of nitrogens with one attached hydrogen (secondary N) is 2. The van der Waals surface area contributed by atoms with Gasteiger partial charge in [-0.05, 0) is 31.2 Å². The Morgan fingerprint density at radius 2 is 2.26 bits per heavy atom. The van der Waals surface area contributed by atoms with Crippen LogP contribution in [-0.4, -0.2) is 28.4 Å². The average Bonchev–Trinajstić information content (AvgIpc) is 2.94. The number of thioether (sulfide) groups is 1. The molecule has 0 saturated heterocycles. The van der Waals surface area contributed by atoms with Crippen LogP contribution in [0.25, 0.3) is 0 Å². The Bertz CT molecular complexity index is 446. The molecule has 1 aromatic heterocycles. The molecule has 5 nitrogen and oxygen atoms in total. The van der Waals surface area contributed by atoms with Crippen molar-refractivity contribution in [2.45, 2.75) is 30.4 Å². The van der Waals surface area contributed by atoms with Gasteiger partial charge in [-0.25, -0.2) is 10.8 Å². The molecule has 4 N–H and O–H groups in total. The lowest BCUT2D eigenvalue weighted by Crippen LogP contribution is -2.38. The van der Waals surface area contributed by atoms with Gasteiger partial charge in [0.1, 0.15) is 5.82 Å². The summed E-state index contributed by atoms with van der Waals surface area (Å²) in [5.41, 5.74) is 3.02. The second-order valence-electron chi connectivity index (χ2n) is 4.85. The fourth-order valence-corrected chi connectivity index (χ4v) is 3.38. The Hall–Kier alpha value is -1.27. The third-order valence-corrected chi connectivity index (χ3v) is 5.11. The van der Waals surface area contributed by atoms with E-state index in [0.29, 0.717) is 11.4 Å². The summed E-state index contributed by atoms with van der Waals surface area (Å²) in [6.45, 7) is 0.723. The topological polar surface area (TPSA) is 80.0 Å². The predicted molar refractivity (Wildman–Crippen MR) is 79.1 cm³/mol. The molecule has 1 saturated carbocycles. The zero-order chi connectivity index (χ0) is 13.7. The number of nitrogen functional groups attached to an aromatic ring is 1. The molecule has 1 heterocycles. The summed E-state index contributed by atoms with van der Waals surface area (Å²) in [6, 6.07) is 3.34. The molecule has 1 fully saturated rings. The van der Waals surface area contributed by atoms with Crippen LogP contribution < -0.4 is 16.6 Å². The highest BCUT2D eigenvalue weighted by molar-refractivity contribution is 8.00. The Morgan fingerprint density at radius 1 is 1.53 bits per heavy atom. The molecule has 1 aliphatic rings. The predicted octanol–water partition coefficient (Wildman–Crippen LogP) is 1.77. The summed E-state index contributed by atoms with van der Waals surface area (Å²) in [4.78, 5) is 16.1. The van der Waals surface area contributed by atoms with E-state index in [2.05, 4.69) is 22.0 Å². The van der Waals surface area contributed by atoms with Gasteiger partial charge < -0.3 is 10.7 Å². The Labute approximate surface area is 117 Å². The molecule has 6 heteroatoms. The minimum atomic E-state index is -0.0702. The van der Waals surface area contributed by atoms with Gasteiger partial charge >= 0.3 is 0 Å². The van der Waals surface area contributed by atoms with Crippen LogP contribution in [0, 0.1) is 0 Å². The molecule has 0 aliphatic heterocycles. The smallest absolute Gasteiger partial charge is 0.251 e. The van der Waals surface area contributed by atoms with Crippen molar-refractivity contribution in [2.24, 2.45) is 5.84 Å². The van der Waals surface area contributed by atoms with E-state index in [-0.39, 0.29) is 10.7 Å². The monoisotopic (exact) mass is 280 g/mol. The summed E-state index contributed by atoms with van der Waals surface area (Å²) in [7, 11) is 0. The van der Waals surface area contributed by atoms with Gasteiger partial charge in [0, 0.05) is 23.1 Å². The number of amides is 1. The largest absolute Gasteiger partial charge is 0.351 e. The van der Waals surface area contributed by atoms with Crippen LogP contribution in [0.3, 0.4) is 0 Å². The summed E-state index contributed by atoms with van der Waals surface area (Å²) < 4.78 is 0.220. The maximum Gasteiger partial charge on any atom is 0.251 e. The zero-order valence-electron chi connectivity index (χ0n) is 11.1. The molecule has 0 unspecified atom stereocenters. The maximum atomic E-state index is 12.1. The van der Waals surface area contributed by atoms with Gasteiger partial charge in [0.2, 0.25) is 0 Å². The van der Waals surface area contributed by atoms with Crippen LogP contribution in [0.4, 0.5) is 5.82 Å². The second kappa shape index (κ2) is 6.25. The maximum absolute atomic E-state index is 12.1. The van der Waals surface area contributed by atoms with Crippen LogP contribution >= 0.6 is 11.8 Å². The molecule has 1 amide bonds. The fraction of sp³-hybridized carbons (Fsp3) is 0.538. The van der Waals surface area contributed by atoms with Gasteiger partial charge in [-0.3, -0.25) is 4.79 Å². The minimum Gasteiger partial charge on any atom is -0.351 e. The van der Waals surface area contributed by atoms with Crippen molar-refractivity contribution in [2.75, 3.05) is 18.2 Å². The van der Waals surface area contributed by atoms with E-state index in [1.807, 2.05) is 11.8 Å². The molecule has 2 rings (SSSR count). The molecular weight excluding hydrogens is 260 g/mol. The highest BCUT2D eigenvalue weighted by atomic mass is 32.2. The number of carbonyl (C=O) groups is 1. The van der Waals surface area contributed by atoms with Gasteiger partial charge in [-0.2, -0.15) is 11.8 Å². The van der Waals surface area contributed by atoms with Crippen LogP contribution in [-0.2, 0) is 0 Å². The first-order chi connectivity index (χ1) is 9.19. The minimum absolute atomic E-state index is 0.0702. The van der Waals surface area contributed by atoms with E-state index >= 15 is 0 Å². The van der Waals surface area contributed by atoms with Crippen LogP contribution in [0.5, 0.6) is 0 Å². The van der Waals surface area contributed by atoms with Gasteiger partial charge in [0.05, 0.1) is 0 Å². The zero-order valence-corrected chi connectivity index (χ0v) is 11.9. The van der Waals surface area contributed by atoms with Gasteiger partial charge in [0.15, 0.2) is 0 Å². The van der Waals surface area contributed by atoms with Crippen molar-refractivity contribution in [3.05, 3.63) is 23.9 Å². The number of anilines is 1. The Balaban J connectivity index is 1.97. The Morgan fingerprint density at radius 3 is 2.89 bits per heavy atom. The molecule has 0 radical (unpaired) electrons. The van der Waals surface area contributed by atoms with E-state index < -0.39 is 0 Å². The van der Waals surface area contributed by atoms with E-state index in [9.17, 15) is 4.79 Å². The third kappa shape index (κ3) is 3.39. The van der Waals surface area contributed by atoms with Crippen LogP contribution in [0.1, 0.15) is 36.0 Å². The van der Waals surface area contributed by atoms with E-state index in [4.69, 9.17) is 5.84 Å². The van der Waals surface area contributed by atoms with E-state index in [0.717, 1.165) is 6.54 Å². The number of carbonyl (C=O) groups excluding carboxylic acids is 1. The lowest BCUT2D eigenvalue weighted by molar-refractivity contribution is 0.0949. The number of nitrogens with two attached hydrogens (primary N) is 1. The van der Waals surface area contributed by atoms with Gasteiger partial charge in [-0.1, -0.05) is 12.8 Å². The second-order valence-corrected chi connectivity index (χ2v) is 6.13. The molecule has 1 aromatic rings. The van der Waals surface area contributed by atoms with E-state index in [1.54, 1.807) is 18.3 Å². The number of aromatic nitrogens is 1. The molecule has 0 spiro atoms. The molecular formula is C13H20N4OS. The fourth-order valence-electron chi connectivity index (χ4n) is 2.47. The van der Waals surface area contributed by atoms with Crippen molar-refractivity contribution in [3.63, 3.8) is 0 Å². The van der Waals surface area contributed by atoms with Gasteiger partial charge in [-0.15, -0.1) is 0 Å². The lowest BCUT2D eigenvalue weighted by Gasteiger charge is -2.26. The van der Waals surface area contributed by atoms with Crippen molar-refractivity contribution in [3.8, 4) is 0 Å². The number of hydrogen-bond donors (Lipinski definition) is 3. The molecule has 104 valence electrons. The van der Waals surface area contributed by atoms with Crippen LogP contribution in [0.15, 0.2) is 18.3 Å². The number of hydrazine groups is 1.